The average Bonchev–Trinajstić information content (AvgIpc) is 2.85. The Morgan fingerprint density at radius 2 is 1.90 bits per heavy atom. The molecule has 2 atom stereocenters. The molecule has 0 spiro atoms. The van der Waals surface area contributed by atoms with Crippen molar-refractivity contribution in [3.63, 3.8) is 0 Å². The van der Waals surface area contributed by atoms with Crippen molar-refractivity contribution < 1.29 is 5.11 Å². The van der Waals surface area contributed by atoms with Crippen LogP contribution >= 0.6 is 11.8 Å². The Morgan fingerprint density at radius 3 is 2.75 bits per heavy atom. The molecule has 2 aromatic rings. The largest absolute Gasteiger partial charge is 0.392 e. The molecule has 0 radical (unpaired) electrons. The van der Waals surface area contributed by atoms with Crippen LogP contribution in [0.1, 0.15) is 32.1 Å². The number of tetrazole rings is 1. The van der Waals surface area contributed by atoms with Gasteiger partial charge >= 0.3 is 0 Å². The maximum atomic E-state index is 10.2. The van der Waals surface area contributed by atoms with E-state index < -0.39 is 0 Å². The number of rotatable bonds is 3. The van der Waals surface area contributed by atoms with Crippen molar-refractivity contribution in [2.75, 3.05) is 0 Å². The maximum Gasteiger partial charge on any atom is 0.214 e. The van der Waals surface area contributed by atoms with Gasteiger partial charge in [-0.15, -0.1) is 5.10 Å². The molecule has 3 rings (SSSR count). The van der Waals surface area contributed by atoms with Gasteiger partial charge in [0.15, 0.2) is 0 Å². The quantitative estimate of drug-likeness (QED) is 0.880. The molecule has 0 amide bonds. The number of aliphatic hydroxyl groups excluding tert-OH is 1. The Labute approximate surface area is 122 Å². The summed E-state index contributed by atoms with van der Waals surface area (Å²) in [5, 5.41) is 23.1. The van der Waals surface area contributed by atoms with Gasteiger partial charge in [-0.1, -0.05) is 49.2 Å². The Balaban J connectivity index is 1.80. The topological polar surface area (TPSA) is 63.8 Å². The van der Waals surface area contributed by atoms with E-state index in [1.165, 1.54) is 12.8 Å². The van der Waals surface area contributed by atoms with E-state index in [1.54, 1.807) is 16.4 Å². The lowest BCUT2D eigenvalue weighted by molar-refractivity contribution is 0.163. The first-order valence-electron chi connectivity index (χ1n) is 7.03. The molecular formula is C14H18N4OS. The molecule has 5 nitrogen and oxygen atoms in total. The summed E-state index contributed by atoms with van der Waals surface area (Å²) in [6.07, 6.45) is 5.13. The lowest BCUT2D eigenvalue weighted by atomic mass is 10.1. The molecule has 0 aliphatic heterocycles. The standard InChI is InChI=1S/C14H18N4OS/c19-12-9-5-2-6-10-13(12)20-14-15-16-17-18(14)11-7-3-1-4-8-11/h1,3-4,7-8,12-13,19H,2,5-6,9-10H2. The van der Waals surface area contributed by atoms with Gasteiger partial charge in [0.2, 0.25) is 5.16 Å². The van der Waals surface area contributed by atoms with Crippen LogP contribution in [0.4, 0.5) is 0 Å². The Hall–Kier alpha value is -1.40. The molecule has 0 bridgehead atoms. The summed E-state index contributed by atoms with van der Waals surface area (Å²) in [7, 11) is 0. The lowest BCUT2D eigenvalue weighted by Gasteiger charge is -2.18. The minimum Gasteiger partial charge on any atom is -0.392 e. The minimum absolute atomic E-state index is 0.186. The van der Waals surface area contributed by atoms with Gasteiger partial charge in [0, 0.05) is 5.25 Å². The zero-order chi connectivity index (χ0) is 13.8. The fourth-order valence-electron chi connectivity index (χ4n) is 2.51. The van der Waals surface area contributed by atoms with Gasteiger partial charge in [0.25, 0.3) is 0 Å². The van der Waals surface area contributed by atoms with Crippen molar-refractivity contribution in [3.8, 4) is 5.69 Å². The summed E-state index contributed by atoms with van der Waals surface area (Å²) in [6, 6.07) is 9.85. The van der Waals surface area contributed by atoms with E-state index in [1.807, 2.05) is 30.3 Å². The van der Waals surface area contributed by atoms with Crippen molar-refractivity contribution in [1.29, 1.82) is 0 Å². The third-order valence-electron chi connectivity index (χ3n) is 3.62. The molecular weight excluding hydrogens is 272 g/mol. The Morgan fingerprint density at radius 1 is 1.10 bits per heavy atom. The third-order valence-corrected chi connectivity index (χ3v) is 4.93. The zero-order valence-electron chi connectivity index (χ0n) is 11.2. The number of aromatic nitrogens is 4. The van der Waals surface area contributed by atoms with Crippen LogP contribution in [0, 0.1) is 0 Å². The highest BCUT2D eigenvalue weighted by Gasteiger charge is 2.25. The number of hydrogen-bond donors (Lipinski definition) is 1. The SMILES string of the molecule is OC1CCCCCC1Sc1nnnn1-c1ccccc1. The van der Waals surface area contributed by atoms with E-state index in [9.17, 15) is 5.11 Å². The minimum atomic E-state index is -0.261. The van der Waals surface area contributed by atoms with Crippen LogP contribution in [0.25, 0.3) is 5.69 Å². The molecule has 1 saturated carbocycles. The van der Waals surface area contributed by atoms with Crippen molar-refractivity contribution in [1.82, 2.24) is 20.2 Å². The summed E-state index contributed by atoms with van der Waals surface area (Å²) in [5.74, 6) is 0. The molecule has 106 valence electrons. The lowest BCUT2D eigenvalue weighted by Crippen LogP contribution is -2.21. The molecule has 2 unspecified atom stereocenters. The van der Waals surface area contributed by atoms with Crippen LogP contribution in [0.2, 0.25) is 0 Å². The number of aliphatic hydroxyl groups is 1. The second-order valence-electron chi connectivity index (χ2n) is 5.07. The molecule has 6 heteroatoms. The summed E-state index contributed by atoms with van der Waals surface area (Å²) in [5.41, 5.74) is 0.947. The maximum absolute atomic E-state index is 10.2. The van der Waals surface area contributed by atoms with E-state index in [-0.39, 0.29) is 11.4 Å². The monoisotopic (exact) mass is 290 g/mol. The molecule has 1 aromatic carbocycles. The van der Waals surface area contributed by atoms with E-state index in [4.69, 9.17) is 0 Å². The fourth-order valence-corrected chi connectivity index (χ4v) is 3.68. The smallest absolute Gasteiger partial charge is 0.214 e. The molecule has 1 aliphatic rings. The first-order chi connectivity index (χ1) is 9.84. The predicted octanol–water partition coefficient (Wildman–Crippen LogP) is 2.45. The molecule has 1 fully saturated rings. The first kappa shape index (κ1) is 13.6. The van der Waals surface area contributed by atoms with Gasteiger partial charge in [-0.3, -0.25) is 0 Å². The van der Waals surface area contributed by atoms with Crippen LogP contribution in [0.15, 0.2) is 35.5 Å². The third kappa shape index (κ3) is 3.02. The second kappa shape index (κ2) is 6.37. The summed E-state index contributed by atoms with van der Waals surface area (Å²) in [4.78, 5) is 0. The molecule has 1 aliphatic carbocycles. The van der Waals surface area contributed by atoms with Crippen molar-refractivity contribution >= 4 is 11.8 Å². The van der Waals surface area contributed by atoms with Crippen LogP contribution in [-0.2, 0) is 0 Å². The Bertz CT molecular complexity index is 545. The van der Waals surface area contributed by atoms with Gasteiger partial charge in [-0.05, 0) is 35.4 Å². The van der Waals surface area contributed by atoms with Crippen molar-refractivity contribution in [2.45, 2.75) is 48.6 Å². The fraction of sp³-hybridized carbons (Fsp3) is 0.500. The molecule has 1 aromatic heterocycles. The highest BCUT2D eigenvalue weighted by Crippen LogP contribution is 2.32. The van der Waals surface area contributed by atoms with Crippen LogP contribution in [-0.4, -0.2) is 36.7 Å². The molecule has 1 heterocycles. The molecule has 0 saturated heterocycles. The van der Waals surface area contributed by atoms with Crippen LogP contribution in [0.5, 0.6) is 0 Å². The zero-order valence-corrected chi connectivity index (χ0v) is 12.0. The highest BCUT2D eigenvalue weighted by molar-refractivity contribution is 7.99. The van der Waals surface area contributed by atoms with E-state index in [0.717, 1.165) is 30.1 Å². The van der Waals surface area contributed by atoms with Gasteiger partial charge < -0.3 is 5.11 Å². The normalized spacial score (nSPS) is 23.4. The van der Waals surface area contributed by atoms with Crippen LogP contribution < -0.4 is 0 Å². The molecule has 20 heavy (non-hydrogen) atoms. The number of nitrogens with zero attached hydrogens (tertiary/aromatic N) is 4. The van der Waals surface area contributed by atoms with Crippen LogP contribution in [0.3, 0.4) is 0 Å². The average molecular weight is 290 g/mol. The van der Waals surface area contributed by atoms with Gasteiger partial charge in [0.05, 0.1) is 11.8 Å². The van der Waals surface area contributed by atoms with E-state index >= 15 is 0 Å². The number of para-hydroxylation sites is 1. The van der Waals surface area contributed by atoms with E-state index in [2.05, 4.69) is 15.5 Å². The number of hydrogen-bond acceptors (Lipinski definition) is 5. The van der Waals surface area contributed by atoms with Crippen molar-refractivity contribution in [2.24, 2.45) is 0 Å². The van der Waals surface area contributed by atoms with Gasteiger partial charge in [0.1, 0.15) is 0 Å². The number of benzene rings is 1. The van der Waals surface area contributed by atoms with Gasteiger partial charge in [-0.25, -0.2) is 0 Å². The Kier molecular flexibility index (Phi) is 4.32. The molecule has 1 N–H and O–H groups in total. The first-order valence-corrected chi connectivity index (χ1v) is 7.91. The van der Waals surface area contributed by atoms with Crippen molar-refractivity contribution in [3.05, 3.63) is 30.3 Å². The summed E-state index contributed by atoms with van der Waals surface area (Å²) < 4.78 is 1.74. The summed E-state index contributed by atoms with van der Waals surface area (Å²) >= 11 is 1.59. The highest BCUT2D eigenvalue weighted by atomic mass is 32.2. The predicted molar refractivity (Wildman–Crippen MR) is 77.9 cm³/mol. The van der Waals surface area contributed by atoms with E-state index in [0.29, 0.717) is 0 Å². The summed E-state index contributed by atoms with van der Waals surface area (Å²) in [6.45, 7) is 0. The van der Waals surface area contributed by atoms with Gasteiger partial charge in [-0.2, -0.15) is 4.68 Å². The second-order valence-corrected chi connectivity index (χ2v) is 6.28. The number of thioether (sulfide) groups is 1.